The molecule has 3 nitrogen and oxygen atoms in total. The minimum atomic E-state index is -0.0141. The monoisotopic (exact) mass is 269 g/mol. The molecule has 100 valence electrons. The van der Waals surface area contributed by atoms with Crippen LogP contribution in [0.15, 0.2) is 12.1 Å². The minimum absolute atomic E-state index is 0.0141. The van der Waals surface area contributed by atoms with Crippen LogP contribution in [0.3, 0.4) is 0 Å². The van der Waals surface area contributed by atoms with E-state index in [1.54, 1.807) is 20.3 Å². The van der Waals surface area contributed by atoms with Gasteiger partial charge in [-0.15, -0.1) is 0 Å². The van der Waals surface area contributed by atoms with Crippen LogP contribution in [0.25, 0.3) is 0 Å². The molecule has 1 saturated carbocycles. The van der Waals surface area contributed by atoms with Crippen LogP contribution >= 0.6 is 11.6 Å². The van der Waals surface area contributed by atoms with Gasteiger partial charge in [0.25, 0.3) is 0 Å². The van der Waals surface area contributed by atoms with Gasteiger partial charge in [0, 0.05) is 17.1 Å². The highest BCUT2D eigenvalue weighted by Crippen LogP contribution is 2.40. The summed E-state index contributed by atoms with van der Waals surface area (Å²) in [5.41, 5.74) is 7.29. The van der Waals surface area contributed by atoms with Crippen molar-refractivity contribution in [3.05, 3.63) is 22.7 Å². The summed E-state index contributed by atoms with van der Waals surface area (Å²) in [5.74, 6) is 1.86. The van der Waals surface area contributed by atoms with Gasteiger partial charge in [-0.1, -0.05) is 24.4 Å². The van der Waals surface area contributed by atoms with Crippen molar-refractivity contribution in [3.63, 3.8) is 0 Å². The Morgan fingerprint density at radius 3 is 2.28 bits per heavy atom. The Bertz CT molecular complexity index is 417. The second-order valence-corrected chi connectivity index (χ2v) is 5.21. The molecule has 0 saturated heterocycles. The van der Waals surface area contributed by atoms with E-state index in [0.29, 0.717) is 22.4 Å². The third-order valence-electron chi connectivity index (χ3n) is 3.77. The molecule has 1 fully saturated rings. The lowest BCUT2D eigenvalue weighted by Crippen LogP contribution is -2.19. The molecule has 0 spiro atoms. The Balaban J connectivity index is 2.31. The molecule has 1 atom stereocenters. The molecule has 1 aromatic carbocycles. The van der Waals surface area contributed by atoms with Gasteiger partial charge in [0.15, 0.2) is 11.5 Å². The second kappa shape index (κ2) is 5.81. The van der Waals surface area contributed by atoms with Crippen molar-refractivity contribution < 1.29 is 9.47 Å². The number of rotatable bonds is 4. The van der Waals surface area contributed by atoms with Gasteiger partial charge >= 0.3 is 0 Å². The fraction of sp³-hybridized carbons (Fsp3) is 0.571. The summed E-state index contributed by atoms with van der Waals surface area (Å²) < 4.78 is 10.5. The average Bonchev–Trinajstić information content (AvgIpc) is 2.91. The number of hydrogen-bond donors (Lipinski definition) is 1. The molecule has 0 heterocycles. The summed E-state index contributed by atoms with van der Waals surface area (Å²) in [5, 5.41) is 0.659. The van der Waals surface area contributed by atoms with Gasteiger partial charge in [0.1, 0.15) is 0 Å². The van der Waals surface area contributed by atoms with Crippen LogP contribution in [0.5, 0.6) is 11.5 Å². The summed E-state index contributed by atoms with van der Waals surface area (Å²) in [6.45, 7) is 0. The van der Waals surface area contributed by atoms with Crippen molar-refractivity contribution in [2.45, 2.75) is 31.7 Å². The van der Waals surface area contributed by atoms with E-state index in [1.807, 2.05) is 6.07 Å². The van der Waals surface area contributed by atoms with E-state index in [-0.39, 0.29) is 6.04 Å². The normalized spacial score (nSPS) is 17.8. The fourth-order valence-electron chi connectivity index (χ4n) is 2.70. The largest absolute Gasteiger partial charge is 0.493 e. The van der Waals surface area contributed by atoms with Crippen molar-refractivity contribution in [2.24, 2.45) is 11.7 Å². The number of halogens is 1. The fourth-order valence-corrected chi connectivity index (χ4v) is 2.98. The average molecular weight is 270 g/mol. The van der Waals surface area contributed by atoms with Gasteiger partial charge < -0.3 is 15.2 Å². The molecule has 4 heteroatoms. The van der Waals surface area contributed by atoms with Crippen LogP contribution in [-0.4, -0.2) is 14.2 Å². The predicted molar refractivity (Wildman–Crippen MR) is 73.4 cm³/mol. The van der Waals surface area contributed by atoms with Crippen LogP contribution in [0.2, 0.25) is 5.02 Å². The summed E-state index contributed by atoms with van der Waals surface area (Å²) in [4.78, 5) is 0. The zero-order chi connectivity index (χ0) is 13.1. The van der Waals surface area contributed by atoms with E-state index < -0.39 is 0 Å². The first-order valence-corrected chi connectivity index (χ1v) is 6.72. The number of nitrogens with two attached hydrogens (primary N) is 1. The van der Waals surface area contributed by atoms with Gasteiger partial charge in [0.2, 0.25) is 0 Å². The van der Waals surface area contributed by atoms with E-state index in [0.717, 1.165) is 5.56 Å². The molecule has 0 amide bonds. The molecular weight excluding hydrogens is 250 g/mol. The van der Waals surface area contributed by atoms with Gasteiger partial charge in [-0.2, -0.15) is 0 Å². The number of benzene rings is 1. The molecule has 1 aliphatic rings. The Labute approximate surface area is 113 Å². The quantitative estimate of drug-likeness (QED) is 0.909. The van der Waals surface area contributed by atoms with E-state index in [4.69, 9.17) is 26.8 Å². The van der Waals surface area contributed by atoms with Crippen molar-refractivity contribution in [2.75, 3.05) is 14.2 Å². The highest BCUT2D eigenvalue weighted by atomic mass is 35.5. The zero-order valence-corrected chi connectivity index (χ0v) is 11.7. The van der Waals surface area contributed by atoms with Crippen LogP contribution < -0.4 is 15.2 Å². The molecule has 2 N–H and O–H groups in total. The highest BCUT2D eigenvalue weighted by molar-refractivity contribution is 6.31. The van der Waals surface area contributed by atoms with Gasteiger partial charge in [-0.3, -0.25) is 0 Å². The SMILES string of the molecule is COc1cc(Cl)c(C(N)C2CCCC2)cc1OC. The second-order valence-electron chi connectivity index (χ2n) is 4.80. The Hall–Kier alpha value is -0.930. The summed E-state index contributed by atoms with van der Waals surface area (Å²) in [7, 11) is 3.22. The maximum absolute atomic E-state index is 6.34. The van der Waals surface area contributed by atoms with Gasteiger partial charge in [-0.05, 0) is 30.4 Å². The molecule has 1 aliphatic carbocycles. The van der Waals surface area contributed by atoms with E-state index in [2.05, 4.69) is 0 Å². The highest BCUT2D eigenvalue weighted by Gasteiger charge is 2.26. The predicted octanol–water partition coefficient (Wildman–Crippen LogP) is 3.55. The summed E-state index contributed by atoms with van der Waals surface area (Å²) in [6.07, 6.45) is 4.91. The first kappa shape index (κ1) is 13.5. The lowest BCUT2D eigenvalue weighted by atomic mass is 9.92. The smallest absolute Gasteiger partial charge is 0.162 e. The molecule has 18 heavy (non-hydrogen) atoms. The van der Waals surface area contributed by atoms with Crippen LogP contribution in [0, 0.1) is 5.92 Å². The minimum Gasteiger partial charge on any atom is -0.493 e. The van der Waals surface area contributed by atoms with Gasteiger partial charge in [0.05, 0.1) is 14.2 Å². The standard InChI is InChI=1S/C14H20ClNO2/c1-17-12-7-10(11(15)8-13(12)18-2)14(16)9-5-3-4-6-9/h7-9,14H,3-6,16H2,1-2H3. The Kier molecular flexibility index (Phi) is 4.36. The number of methoxy groups -OCH3 is 2. The van der Waals surface area contributed by atoms with Crippen LogP contribution in [0.4, 0.5) is 0 Å². The molecule has 0 radical (unpaired) electrons. The lowest BCUT2D eigenvalue weighted by Gasteiger charge is -2.21. The van der Waals surface area contributed by atoms with Crippen molar-refractivity contribution in [1.82, 2.24) is 0 Å². The van der Waals surface area contributed by atoms with Crippen molar-refractivity contribution >= 4 is 11.6 Å². The Morgan fingerprint density at radius 1 is 1.17 bits per heavy atom. The first-order chi connectivity index (χ1) is 8.67. The lowest BCUT2D eigenvalue weighted by molar-refractivity contribution is 0.353. The molecule has 0 aromatic heterocycles. The summed E-state index contributed by atoms with van der Waals surface area (Å²) >= 11 is 6.29. The van der Waals surface area contributed by atoms with E-state index >= 15 is 0 Å². The van der Waals surface area contributed by atoms with Crippen LogP contribution in [0.1, 0.15) is 37.3 Å². The molecule has 0 bridgehead atoms. The maximum atomic E-state index is 6.34. The zero-order valence-electron chi connectivity index (χ0n) is 10.9. The van der Waals surface area contributed by atoms with E-state index in [9.17, 15) is 0 Å². The van der Waals surface area contributed by atoms with E-state index in [1.165, 1.54) is 25.7 Å². The number of hydrogen-bond acceptors (Lipinski definition) is 3. The van der Waals surface area contributed by atoms with Crippen molar-refractivity contribution in [1.29, 1.82) is 0 Å². The maximum Gasteiger partial charge on any atom is 0.162 e. The number of ether oxygens (including phenoxy) is 2. The third kappa shape index (κ3) is 2.57. The molecule has 0 aliphatic heterocycles. The Morgan fingerprint density at radius 2 is 1.72 bits per heavy atom. The van der Waals surface area contributed by atoms with Crippen LogP contribution in [-0.2, 0) is 0 Å². The molecular formula is C14H20ClNO2. The first-order valence-electron chi connectivity index (χ1n) is 6.34. The van der Waals surface area contributed by atoms with Gasteiger partial charge in [-0.25, -0.2) is 0 Å². The van der Waals surface area contributed by atoms with Crippen molar-refractivity contribution in [3.8, 4) is 11.5 Å². The molecule has 2 rings (SSSR count). The topological polar surface area (TPSA) is 44.5 Å². The molecule has 1 aromatic rings. The molecule has 1 unspecified atom stereocenters. The summed E-state index contributed by atoms with van der Waals surface area (Å²) in [6, 6.07) is 3.68. The third-order valence-corrected chi connectivity index (χ3v) is 4.10.